The zero-order chi connectivity index (χ0) is 22.9. The van der Waals surface area contributed by atoms with E-state index in [0.717, 1.165) is 23.3 Å². The number of carbonyl (C=O) groups excluding carboxylic acids is 1. The smallest absolute Gasteiger partial charge is 0.490 e. The highest BCUT2D eigenvalue weighted by atomic mass is 19.4. The highest BCUT2D eigenvalue weighted by molar-refractivity contribution is 5.75. The summed E-state index contributed by atoms with van der Waals surface area (Å²) in [6, 6.07) is 15.1. The number of rotatable bonds is 11. The molecule has 0 bridgehead atoms. The summed E-state index contributed by atoms with van der Waals surface area (Å²) in [6.07, 6.45) is -4.41. The van der Waals surface area contributed by atoms with Crippen molar-refractivity contribution in [2.75, 3.05) is 34.4 Å². The highest BCUT2D eigenvalue weighted by Gasteiger charge is 2.42. The molecule has 0 unspecified atom stereocenters. The normalized spacial score (nSPS) is 12.5. The first-order valence-electron chi connectivity index (χ1n) is 9.95. The number of benzene rings is 2. The van der Waals surface area contributed by atoms with Crippen LogP contribution in [0.3, 0.4) is 0 Å². The van der Waals surface area contributed by atoms with Crippen LogP contribution in [0.2, 0.25) is 0 Å². The molecule has 2 rings (SSSR count). The standard InChI is InChI=1S/C23H28F3NO4/c1-27(2)14-13-20(31-22(28)23(24,25)26)16-30-21-10-5-4-8-18(21)12-11-17-7-6-9-19(15-17)29-3/h4-10,15,20H,11-14,16H2,1-3H3/t20-/m1/s1. The Morgan fingerprint density at radius 1 is 1.06 bits per heavy atom. The first-order valence-corrected chi connectivity index (χ1v) is 9.95. The maximum atomic E-state index is 12.6. The third kappa shape index (κ3) is 8.49. The second-order valence-electron chi connectivity index (χ2n) is 7.39. The van der Waals surface area contributed by atoms with Crippen molar-refractivity contribution in [2.45, 2.75) is 31.5 Å². The van der Waals surface area contributed by atoms with Crippen molar-refractivity contribution in [1.82, 2.24) is 4.90 Å². The van der Waals surface area contributed by atoms with E-state index in [1.807, 2.05) is 36.4 Å². The minimum atomic E-state index is -5.04. The number of hydrogen-bond acceptors (Lipinski definition) is 5. The van der Waals surface area contributed by atoms with Gasteiger partial charge in [-0.05, 0) is 56.3 Å². The molecule has 1 atom stereocenters. The van der Waals surface area contributed by atoms with Gasteiger partial charge in [0.25, 0.3) is 0 Å². The molecule has 0 radical (unpaired) electrons. The number of methoxy groups -OCH3 is 1. The fraction of sp³-hybridized carbons (Fsp3) is 0.435. The van der Waals surface area contributed by atoms with Gasteiger partial charge in [-0.3, -0.25) is 0 Å². The van der Waals surface area contributed by atoms with Crippen LogP contribution in [0, 0.1) is 0 Å². The average Bonchev–Trinajstić information content (AvgIpc) is 2.74. The highest BCUT2D eigenvalue weighted by Crippen LogP contribution is 2.23. The molecule has 31 heavy (non-hydrogen) atoms. The predicted octanol–water partition coefficient (Wildman–Crippen LogP) is 4.29. The Bertz CT molecular complexity index is 840. The summed E-state index contributed by atoms with van der Waals surface area (Å²) >= 11 is 0. The van der Waals surface area contributed by atoms with Crippen molar-refractivity contribution >= 4 is 5.97 Å². The van der Waals surface area contributed by atoms with Gasteiger partial charge in [0.2, 0.25) is 0 Å². The average molecular weight is 439 g/mol. The van der Waals surface area contributed by atoms with Crippen molar-refractivity contribution < 1.29 is 32.2 Å². The zero-order valence-corrected chi connectivity index (χ0v) is 17.9. The molecule has 0 aliphatic heterocycles. The van der Waals surface area contributed by atoms with Crippen molar-refractivity contribution in [3.63, 3.8) is 0 Å². The molecule has 2 aromatic rings. The monoisotopic (exact) mass is 439 g/mol. The number of nitrogens with zero attached hydrogens (tertiary/aromatic N) is 1. The van der Waals surface area contributed by atoms with Gasteiger partial charge in [-0.2, -0.15) is 13.2 Å². The molecule has 0 fully saturated rings. The molecule has 0 aromatic heterocycles. The number of esters is 1. The lowest BCUT2D eigenvalue weighted by atomic mass is 10.0. The Morgan fingerprint density at radius 2 is 1.81 bits per heavy atom. The molecule has 0 aliphatic carbocycles. The molecule has 5 nitrogen and oxygen atoms in total. The van der Waals surface area contributed by atoms with Crippen LogP contribution in [-0.2, 0) is 22.4 Å². The van der Waals surface area contributed by atoms with Gasteiger partial charge in [-0.1, -0.05) is 30.3 Å². The van der Waals surface area contributed by atoms with Gasteiger partial charge < -0.3 is 19.1 Å². The summed E-state index contributed by atoms with van der Waals surface area (Å²) < 4.78 is 53.5. The molecular weight excluding hydrogens is 411 g/mol. The minimum Gasteiger partial charge on any atom is -0.497 e. The molecule has 8 heteroatoms. The molecule has 0 aliphatic rings. The molecule has 2 aromatic carbocycles. The van der Waals surface area contributed by atoms with E-state index in [1.54, 1.807) is 38.2 Å². The Kier molecular flexibility index (Phi) is 9.18. The number of halogens is 3. The number of aryl methyl sites for hydroxylation is 2. The predicted molar refractivity (Wildman–Crippen MR) is 111 cm³/mol. The summed E-state index contributed by atoms with van der Waals surface area (Å²) in [7, 11) is 5.19. The van der Waals surface area contributed by atoms with Crippen LogP contribution >= 0.6 is 0 Å². The lowest BCUT2D eigenvalue weighted by Crippen LogP contribution is -2.35. The SMILES string of the molecule is COc1cccc(CCc2ccccc2OC[C@@H](CCN(C)C)OC(=O)C(F)(F)F)c1. The van der Waals surface area contributed by atoms with Crippen LogP contribution < -0.4 is 9.47 Å². The summed E-state index contributed by atoms with van der Waals surface area (Å²) in [5.41, 5.74) is 2.01. The Hall–Kier alpha value is -2.74. The van der Waals surface area contributed by atoms with E-state index in [-0.39, 0.29) is 13.0 Å². The summed E-state index contributed by atoms with van der Waals surface area (Å²) in [4.78, 5) is 13.1. The first-order chi connectivity index (χ1) is 14.7. The van der Waals surface area contributed by atoms with Crippen molar-refractivity contribution in [3.8, 4) is 11.5 Å². The number of para-hydroxylation sites is 1. The second-order valence-corrected chi connectivity index (χ2v) is 7.39. The fourth-order valence-corrected chi connectivity index (χ4v) is 2.94. The van der Waals surface area contributed by atoms with Crippen LogP contribution in [0.1, 0.15) is 17.5 Å². The quantitative estimate of drug-likeness (QED) is 0.489. The maximum Gasteiger partial charge on any atom is 0.490 e. The second kappa shape index (κ2) is 11.6. The summed E-state index contributed by atoms with van der Waals surface area (Å²) in [6.45, 7) is 0.294. The lowest BCUT2D eigenvalue weighted by molar-refractivity contribution is -0.206. The van der Waals surface area contributed by atoms with Crippen LogP contribution in [0.4, 0.5) is 13.2 Å². The molecule has 170 valence electrons. The van der Waals surface area contributed by atoms with Gasteiger partial charge in [0.05, 0.1) is 7.11 Å². The lowest BCUT2D eigenvalue weighted by Gasteiger charge is -2.21. The fourth-order valence-electron chi connectivity index (χ4n) is 2.94. The van der Waals surface area contributed by atoms with Gasteiger partial charge in [-0.25, -0.2) is 4.79 Å². The third-order valence-electron chi connectivity index (χ3n) is 4.62. The van der Waals surface area contributed by atoms with Crippen molar-refractivity contribution in [1.29, 1.82) is 0 Å². The maximum absolute atomic E-state index is 12.6. The van der Waals surface area contributed by atoms with Gasteiger partial charge in [0, 0.05) is 13.0 Å². The molecule has 0 N–H and O–H groups in total. The Balaban J connectivity index is 2.03. The first kappa shape index (κ1) is 24.5. The Labute approximate surface area is 180 Å². The largest absolute Gasteiger partial charge is 0.497 e. The summed E-state index contributed by atoms with van der Waals surface area (Å²) in [5.74, 6) is -0.869. The zero-order valence-electron chi connectivity index (χ0n) is 17.9. The van der Waals surface area contributed by atoms with E-state index < -0.39 is 18.2 Å². The van der Waals surface area contributed by atoms with Crippen LogP contribution in [0.25, 0.3) is 0 Å². The van der Waals surface area contributed by atoms with E-state index in [4.69, 9.17) is 9.47 Å². The molecule has 0 heterocycles. The molecule has 0 saturated carbocycles. The third-order valence-corrected chi connectivity index (χ3v) is 4.62. The minimum absolute atomic E-state index is 0.161. The molecule has 0 amide bonds. The van der Waals surface area contributed by atoms with E-state index in [9.17, 15) is 18.0 Å². The van der Waals surface area contributed by atoms with E-state index >= 15 is 0 Å². The number of hydrogen-bond donors (Lipinski definition) is 0. The van der Waals surface area contributed by atoms with Gasteiger partial charge in [-0.15, -0.1) is 0 Å². The van der Waals surface area contributed by atoms with E-state index in [1.165, 1.54) is 0 Å². The van der Waals surface area contributed by atoms with Gasteiger partial charge in [0.1, 0.15) is 24.2 Å². The number of alkyl halides is 3. The number of ether oxygens (including phenoxy) is 3. The Morgan fingerprint density at radius 3 is 2.48 bits per heavy atom. The number of carbonyl (C=O) groups is 1. The van der Waals surface area contributed by atoms with E-state index in [2.05, 4.69) is 4.74 Å². The van der Waals surface area contributed by atoms with Crippen molar-refractivity contribution in [2.24, 2.45) is 0 Å². The topological polar surface area (TPSA) is 48.0 Å². The molecule has 0 saturated heterocycles. The van der Waals surface area contributed by atoms with Gasteiger partial charge in [0.15, 0.2) is 0 Å². The van der Waals surface area contributed by atoms with Crippen LogP contribution in [0.15, 0.2) is 48.5 Å². The van der Waals surface area contributed by atoms with Crippen LogP contribution in [-0.4, -0.2) is 57.5 Å². The van der Waals surface area contributed by atoms with Crippen LogP contribution in [0.5, 0.6) is 11.5 Å². The summed E-state index contributed by atoms with van der Waals surface area (Å²) in [5, 5.41) is 0. The van der Waals surface area contributed by atoms with Crippen molar-refractivity contribution in [3.05, 3.63) is 59.7 Å². The molecule has 0 spiro atoms. The molecular formula is C23H28F3NO4. The van der Waals surface area contributed by atoms with Gasteiger partial charge >= 0.3 is 12.1 Å². The van der Waals surface area contributed by atoms with E-state index in [0.29, 0.717) is 18.7 Å².